The molecule has 1 aromatic heterocycles. The van der Waals surface area contributed by atoms with Crippen molar-refractivity contribution in [1.29, 1.82) is 0 Å². The first-order valence-electron chi connectivity index (χ1n) is 4.06. The van der Waals surface area contributed by atoms with Crippen LogP contribution in [0.3, 0.4) is 0 Å². The zero-order valence-corrected chi connectivity index (χ0v) is 8.52. The van der Waals surface area contributed by atoms with Crippen LogP contribution in [0.25, 0.3) is 0 Å². The summed E-state index contributed by atoms with van der Waals surface area (Å²) in [4.78, 5) is 0. The van der Waals surface area contributed by atoms with Gasteiger partial charge in [-0.15, -0.1) is 0 Å². The maximum atomic E-state index is 11.0. The van der Waals surface area contributed by atoms with Crippen LogP contribution in [0.15, 0.2) is 16.5 Å². The van der Waals surface area contributed by atoms with Gasteiger partial charge < -0.3 is 4.42 Å². The van der Waals surface area contributed by atoms with Gasteiger partial charge in [0.25, 0.3) is 0 Å². The third kappa shape index (κ3) is 3.20. The topological polar surface area (TPSA) is 59.3 Å². The molecule has 0 saturated heterocycles. The second-order valence-corrected chi connectivity index (χ2v) is 4.83. The highest BCUT2D eigenvalue weighted by molar-refractivity contribution is 7.89. The molecule has 74 valence electrons. The molecule has 0 radical (unpaired) electrons. The van der Waals surface area contributed by atoms with Crippen LogP contribution < -0.4 is 4.72 Å². The molecular weight excluding hydrogens is 190 g/mol. The van der Waals surface area contributed by atoms with E-state index in [1.54, 1.807) is 19.1 Å². The lowest BCUT2D eigenvalue weighted by atomic mass is 10.4. The highest BCUT2D eigenvalue weighted by atomic mass is 32.2. The van der Waals surface area contributed by atoms with Crippen LogP contribution in [-0.4, -0.2) is 14.2 Å². The summed E-state index contributed by atoms with van der Waals surface area (Å²) in [6, 6.07) is 3.56. The first-order chi connectivity index (χ1) is 6.03. The first-order valence-corrected chi connectivity index (χ1v) is 5.71. The van der Waals surface area contributed by atoms with Gasteiger partial charge in [0.15, 0.2) is 0 Å². The van der Waals surface area contributed by atoms with Crippen molar-refractivity contribution in [2.45, 2.75) is 20.4 Å². The standard InChI is InChI=1S/C8H13NO3S/c1-3-13(10,11)9-6-8-5-4-7(2)12-8/h4-5,9H,3,6H2,1-2H3. The van der Waals surface area contributed by atoms with Gasteiger partial charge in [-0.1, -0.05) is 0 Å². The molecule has 0 spiro atoms. The van der Waals surface area contributed by atoms with Crippen LogP contribution in [-0.2, 0) is 16.6 Å². The third-order valence-electron chi connectivity index (χ3n) is 1.64. The molecule has 5 heteroatoms. The molecule has 0 atom stereocenters. The van der Waals surface area contributed by atoms with Gasteiger partial charge in [0, 0.05) is 0 Å². The van der Waals surface area contributed by atoms with Gasteiger partial charge in [0.1, 0.15) is 11.5 Å². The van der Waals surface area contributed by atoms with E-state index in [9.17, 15) is 8.42 Å². The van der Waals surface area contributed by atoms with E-state index in [0.29, 0.717) is 5.76 Å². The Morgan fingerprint density at radius 2 is 2.15 bits per heavy atom. The molecule has 0 amide bonds. The van der Waals surface area contributed by atoms with E-state index in [1.807, 2.05) is 6.92 Å². The first kappa shape index (κ1) is 10.3. The summed E-state index contributed by atoms with van der Waals surface area (Å²) in [6.45, 7) is 3.64. The number of sulfonamides is 1. The average Bonchev–Trinajstić information content (AvgIpc) is 2.48. The van der Waals surface area contributed by atoms with E-state index < -0.39 is 10.0 Å². The van der Waals surface area contributed by atoms with Crippen molar-refractivity contribution < 1.29 is 12.8 Å². The second kappa shape index (κ2) is 3.93. The molecular formula is C8H13NO3S. The molecule has 0 aromatic carbocycles. The summed E-state index contributed by atoms with van der Waals surface area (Å²) in [5, 5.41) is 0. The molecule has 1 heterocycles. The van der Waals surface area contributed by atoms with Gasteiger partial charge in [-0.3, -0.25) is 0 Å². The summed E-state index contributed by atoms with van der Waals surface area (Å²) in [7, 11) is -3.12. The fourth-order valence-electron chi connectivity index (χ4n) is 0.863. The molecule has 0 bridgehead atoms. The lowest BCUT2D eigenvalue weighted by molar-refractivity contribution is 0.475. The Bertz CT molecular complexity index is 366. The minimum absolute atomic E-state index is 0.0900. The number of aryl methyl sites for hydroxylation is 1. The molecule has 0 aliphatic carbocycles. The Morgan fingerprint density at radius 3 is 2.62 bits per heavy atom. The highest BCUT2D eigenvalue weighted by Crippen LogP contribution is 2.05. The van der Waals surface area contributed by atoms with Crippen molar-refractivity contribution in [2.24, 2.45) is 0 Å². The van der Waals surface area contributed by atoms with Crippen LogP contribution in [0.4, 0.5) is 0 Å². The van der Waals surface area contributed by atoms with Gasteiger partial charge in [0.05, 0.1) is 12.3 Å². The third-order valence-corrected chi connectivity index (χ3v) is 2.99. The minimum atomic E-state index is -3.12. The summed E-state index contributed by atoms with van der Waals surface area (Å²) in [6.07, 6.45) is 0. The zero-order chi connectivity index (χ0) is 9.90. The van der Waals surface area contributed by atoms with Crippen LogP contribution in [0, 0.1) is 6.92 Å². The van der Waals surface area contributed by atoms with E-state index in [1.165, 1.54) is 0 Å². The number of rotatable bonds is 4. The number of hydrogen-bond acceptors (Lipinski definition) is 3. The predicted octanol–water partition coefficient (Wildman–Crippen LogP) is 1.03. The monoisotopic (exact) mass is 203 g/mol. The fourth-order valence-corrected chi connectivity index (χ4v) is 1.43. The van der Waals surface area contributed by atoms with E-state index >= 15 is 0 Å². The smallest absolute Gasteiger partial charge is 0.211 e. The normalized spacial score (nSPS) is 11.8. The quantitative estimate of drug-likeness (QED) is 0.795. The highest BCUT2D eigenvalue weighted by Gasteiger charge is 2.07. The number of nitrogens with one attached hydrogen (secondary N) is 1. The Kier molecular flexibility index (Phi) is 3.11. The Morgan fingerprint density at radius 1 is 1.46 bits per heavy atom. The van der Waals surface area contributed by atoms with Crippen molar-refractivity contribution in [3.63, 3.8) is 0 Å². The average molecular weight is 203 g/mol. The van der Waals surface area contributed by atoms with E-state index in [2.05, 4.69) is 4.72 Å². The molecule has 0 fully saturated rings. The van der Waals surface area contributed by atoms with Crippen molar-refractivity contribution in [1.82, 2.24) is 4.72 Å². The van der Waals surface area contributed by atoms with Crippen LogP contribution in [0.2, 0.25) is 0 Å². The Balaban J connectivity index is 2.53. The molecule has 0 unspecified atom stereocenters. The van der Waals surface area contributed by atoms with Crippen molar-refractivity contribution in [2.75, 3.05) is 5.75 Å². The molecule has 0 aliphatic rings. The van der Waals surface area contributed by atoms with Gasteiger partial charge >= 0.3 is 0 Å². The SMILES string of the molecule is CCS(=O)(=O)NCc1ccc(C)o1. The molecule has 13 heavy (non-hydrogen) atoms. The second-order valence-electron chi connectivity index (χ2n) is 2.74. The maximum absolute atomic E-state index is 11.0. The van der Waals surface area contributed by atoms with Crippen molar-refractivity contribution in [3.8, 4) is 0 Å². The summed E-state index contributed by atoms with van der Waals surface area (Å²) >= 11 is 0. The van der Waals surface area contributed by atoms with Gasteiger partial charge in [0.2, 0.25) is 10.0 Å². The minimum Gasteiger partial charge on any atom is -0.465 e. The largest absolute Gasteiger partial charge is 0.465 e. The van der Waals surface area contributed by atoms with E-state index in [-0.39, 0.29) is 12.3 Å². The molecule has 1 rings (SSSR count). The van der Waals surface area contributed by atoms with E-state index in [4.69, 9.17) is 4.42 Å². The van der Waals surface area contributed by atoms with Crippen LogP contribution >= 0.6 is 0 Å². The van der Waals surface area contributed by atoms with Crippen LogP contribution in [0.1, 0.15) is 18.4 Å². The Hall–Kier alpha value is -0.810. The molecule has 0 saturated carbocycles. The van der Waals surface area contributed by atoms with Gasteiger partial charge in [-0.2, -0.15) is 0 Å². The predicted molar refractivity (Wildman–Crippen MR) is 49.7 cm³/mol. The lowest BCUT2D eigenvalue weighted by Crippen LogP contribution is -2.24. The molecule has 4 nitrogen and oxygen atoms in total. The Labute approximate surface area is 78.0 Å². The molecule has 1 N–H and O–H groups in total. The van der Waals surface area contributed by atoms with Crippen LogP contribution in [0.5, 0.6) is 0 Å². The summed E-state index contributed by atoms with van der Waals surface area (Å²) in [5.74, 6) is 1.51. The van der Waals surface area contributed by atoms with Gasteiger partial charge in [-0.25, -0.2) is 13.1 Å². The zero-order valence-electron chi connectivity index (χ0n) is 7.70. The lowest BCUT2D eigenvalue weighted by Gasteiger charge is -2.00. The van der Waals surface area contributed by atoms with E-state index in [0.717, 1.165) is 5.76 Å². The molecule has 1 aromatic rings. The fraction of sp³-hybridized carbons (Fsp3) is 0.500. The van der Waals surface area contributed by atoms with Crippen molar-refractivity contribution >= 4 is 10.0 Å². The molecule has 0 aliphatic heterocycles. The van der Waals surface area contributed by atoms with Crippen molar-refractivity contribution in [3.05, 3.63) is 23.7 Å². The van der Waals surface area contributed by atoms with Gasteiger partial charge in [-0.05, 0) is 26.0 Å². The summed E-state index contributed by atoms with van der Waals surface area (Å²) in [5.41, 5.74) is 0. The number of hydrogen-bond donors (Lipinski definition) is 1. The summed E-state index contributed by atoms with van der Waals surface area (Å²) < 4.78 is 29.7. The maximum Gasteiger partial charge on any atom is 0.211 e. The number of furan rings is 1.